The summed E-state index contributed by atoms with van der Waals surface area (Å²) in [5, 5.41) is 10.6. The molecule has 1 amide bonds. The van der Waals surface area contributed by atoms with E-state index in [0.29, 0.717) is 6.54 Å². The molecule has 4 heteroatoms. The van der Waals surface area contributed by atoms with Gasteiger partial charge in [-0.05, 0) is 6.92 Å². The summed E-state index contributed by atoms with van der Waals surface area (Å²) in [7, 11) is 0. The van der Waals surface area contributed by atoms with E-state index >= 15 is 0 Å². The summed E-state index contributed by atoms with van der Waals surface area (Å²) in [6.45, 7) is 4.22. The Morgan fingerprint density at radius 1 is 1.75 bits per heavy atom. The van der Waals surface area contributed by atoms with Gasteiger partial charge in [0.2, 0.25) is 0 Å². The van der Waals surface area contributed by atoms with Gasteiger partial charge in [-0.1, -0.05) is 35.4 Å². The van der Waals surface area contributed by atoms with Crippen molar-refractivity contribution in [3.05, 3.63) is 0 Å². The lowest BCUT2D eigenvalue weighted by Gasteiger charge is -2.11. The molecular formula is C8H12INO2. The highest BCUT2D eigenvalue weighted by Crippen LogP contribution is 2.11. The van der Waals surface area contributed by atoms with Crippen LogP contribution >= 0.6 is 22.6 Å². The van der Waals surface area contributed by atoms with Crippen molar-refractivity contribution < 1.29 is 9.90 Å². The van der Waals surface area contributed by atoms with Crippen molar-refractivity contribution in [1.29, 1.82) is 0 Å². The van der Waals surface area contributed by atoms with Crippen molar-refractivity contribution in [3.63, 3.8) is 0 Å². The van der Waals surface area contributed by atoms with Gasteiger partial charge in [-0.25, -0.2) is 4.79 Å². The molecule has 0 aromatic rings. The molecule has 0 saturated carbocycles. The zero-order valence-corrected chi connectivity index (χ0v) is 9.25. The van der Waals surface area contributed by atoms with Crippen LogP contribution in [-0.4, -0.2) is 21.7 Å². The highest BCUT2D eigenvalue weighted by molar-refractivity contribution is 14.1. The average molecular weight is 281 g/mol. The Bertz CT molecular complexity index is 207. The Balaban J connectivity index is 3.76. The number of hydrogen-bond donors (Lipinski definition) is 2. The summed E-state index contributed by atoms with van der Waals surface area (Å²) in [4.78, 5) is 10.1. The zero-order valence-electron chi connectivity index (χ0n) is 7.10. The van der Waals surface area contributed by atoms with Crippen LogP contribution in [0.3, 0.4) is 0 Å². The maximum atomic E-state index is 10.1. The third-order valence-corrected chi connectivity index (χ3v) is 2.88. The van der Waals surface area contributed by atoms with Crippen LogP contribution in [0.4, 0.5) is 4.79 Å². The molecule has 0 aliphatic carbocycles. The van der Waals surface area contributed by atoms with E-state index in [0.717, 1.165) is 0 Å². The van der Waals surface area contributed by atoms with Crippen LogP contribution in [0.2, 0.25) is 0 Å². The third-order valence-electron chi connectivity index (χ3n) is 1.36. The summed E-state index contributed by atoms with van der Waals surface area (Å²) in [6, 6.07) is 0. The van der Waals surface area contributed by atoms with Gasteiger partial charge in [0.15, 0.2) is 0 Å². The molecule has 0 aromatic heterocycles. The van der Waals surface area contributed by atoms with Gasteiger partial charge in [-0.15, -0.1) is 5.92 Å². The van der Waals surface area contributed by atoms with E-state index in [4.69, 9.17) is 5.11 Å². The van der Waals surface area contributed by atoms with Crippen LogP contribution in [0.25, 0.3) is 0 Å². The molecule has 0 fully saturated rings. The second kappa shape index (κ2) is 6.12. The molecule has 2 atom stereocenters. The fourth-order valence-electron chi connectivity index (χ4n) is 0.680. The molecule has 12 heavy (non-hydrogen) atoms. The molecule has 3 nitrogen and oxygen atoms in total. The van der Waals surface area contributed by atoms with E-state index in [1.807, 2.05) is 6.92 Å². The molecule has 0 aliphatic rings. The van der Waals surface area contributed by atoms with Crippen LogP contribution in [0.5, 0.6) is 0 Å². The maximum absolute atomic E-state index is 10.1. The molecule has 0 bridgehead atoms. The molecule has 0 saturated heterocycles. The van der Waals surface area contributed by atoms with Gasteiger partial charge < -0.3 is 10.4 Å². The van der Waals surface area contributed by atoms with E-state index in [1.54, 1.807) is 6.92 Å². The Kier molecular flexibility index (Phi) is 5.89. The zero-order chi connectivity index (χ0) is 9.56. The predicted molar refractivity (Wildman–Crippen MR) is 56.4 cm³/mol. The third kappa shape index (κ3) is 5.24. The van der Waals surface area contributed by atoms with Gasteiger partial charge in [0.05, 0.1) is 0 Å². The first-order chi connectivity index (χ1) is 5.57. The summed E-state index contributed by atoms with van der Waals surface area (Å²) < 4.78 is 0.228. The first-order valence-electron chi connectivity index (χ1n) is 3.61. The van der Waals surface area contributed by atoms with Crippen LogP contribution < -0.4 is 5.32 Å². The number of carboxylic acid groups (broad SMARTS) is 1. The number of nitrogens with one attached hydrogen (secondary N) is 1. The van der Waals surface area contributed by atoms with E-state index in [2.05, 4.69) is 39.7 Å². The van der Waals surface area contributed by atoms with Crippen molar-refractivity contribution in [2.24, 2.45) is 5.92 Å². The average Bonchev–Trinajstić information content (AvgIpc) is 2.00. The Morgan fingerprint density at radius 2 is 2.33 bits per heavy atom. The van der Waals surface area contributed by atoms with E-state index in [1.165, 1.54) is 0 Å². The topological polar surface area (TPSA) is 49.3 Å². The second-order valence-electron chi connectivity index (χ2n) is 2.39. The van der Waals surface area contributed by atoms with Gasteiger partial charge in [-0.2, -0.15) is 0 Å². The van der Waals surface area contributed by atoms with Gasteiger partial charge in [0.1, 0.15) is 0 Å². The fraction of sp³-hybridized carbons (Fsp3) is 0.625. The highest BCUT2D eigenvalue weighted by Gasteiger charge is 2.11. The van der Waals surface area contributed by atoms with Crippen molar-refractivity contribution in [3.8, 4) is 11.8 Å². The molecule has 0 rings (SSSR count). The molecule has 0 aliphatic heterocycles. The van der Waals surface area contributed by atoms with E-state index in [9.17, 15) is 4.79 Å². The molecular weight excluding hydrogens is 269 g/mol. The van der Waals surface area contributed by atoms with E-state index < -0.39 is 6.09 Å². The quantitative estimate of drug-likeness (QED) is 0.470. The largest absolute Gasteiger partial charge is 0.465 e. The van der Waals surface area contributed by atoms with Gasteiger partial charge in [0, 0.05) is 16.4 Å². The number of hydrogen-bond acceptors (Lipinski definition) is 1. The standard InChI is InChI=1S/C8H12INO2/c1-3-4-6(2)7(9)5-10-8(11)12/h6-7,10H,5H2,1-2H3,(H,11,12). The molecule has 0 heterocycles. The van der Waals surface area contributed by atoms with Crippen LogP contribution in [-0.2, 0) is 0 Å². The van der Waals surface area contributed by atoms with Crippen LogP contribution in [0, 0.1) is 17.8 Å². The molecule has 68 valence electrons. The molecule has 0 radical (unpaired) electrons. The minimum atomic E-state index is -0.978. The van der Waals surface area contributed by atoms with Crippen molar-refractivity contribution in [2.45, 2.75) is 17.8 Å². The number of carbonyl (C=O) groups is 1. The first-order valence-corrected chi connectivity index (χ1v) is 4.85. The highest BCUT2D eigenvalue weighted by atomic mass is 127. The summed E-state index contributed by atoms with van der Waals surface area (Å²) >= 11 is 2.20. The number of rotatable bonds is 3. The maximum Gasteiger partial charge on any atom is 0.404 e. The van der Waals surface area contributed by atoms with Gasteiger partial charge in [-0.3, -0.25) is 0 Å². The van der Waals surface area contributed by atoms with Crippen molar-refractivity contribution >= 4 is 28.7 Å². The smallest absolute Gasteiger partial charge is 0.404 e. The first kappa shape index (κ1) is 11.6. The van der Waals surface area contributed by atoms with E-state index in [-0.39, 0.29) is 9.84 Å². The van der Waals surface area contributed by atoms with Crippen molar-refractivity contribution in [2.75, 3.05) is 6.54 Å². The Labute approximate surface area is 86.1 Å². The van der Waals surface area contributed by atoms with Crippen LogP contribution in [0.15, 0.2) is 0 Å². The van der Waals surface area contributed by atoms with Gasteiger partial charge in [0.25, 0.3) is 0 Å². The SMILES string of the molecule is CC#CC(C)C(I)CNC(=O)O. The van der Waals surface area contributed by atoms with Crippen LogP contribution in [0.1, 0.15) is 13.8 Å². The second-order valence-corrected chi connectivity index (χ2v) is 3.99. The predicted octanol–water partition coefficient (Wildman–Crippen LogP) is 1.72. The monoisotopic (exact) mass is 281 g/mol. The molecule has 0 aromatic carbocycles. The lowest BCUT2D eigenvalue weighted by Crippen LogP contribution is -2.30. The van der Waals surface area contributed by atoms with Gasteiger partial charge >= 0.3 is 6.09 Å². The lowest BCUT2D eigenvalue weighted by atomic mass is 10.1. The summed E-state index contributed by atoms with van der Waals surface area (Å²) in [6.07, 6.45) is -0.978. The normalized spacial score (nSPS) is 13.9. The molecule has 0 spiro atoms. The number of halogens is 1. The lowest BCUT2D eigenvalue weighted by molar-refractivity contribution is 0.194. The number of alkyl halides is 1. The Hall–Kier alpha value is -0.440. The molecule has 2 N–H and O–H groups in total. The minimum absolute atomic E-state index is 0.224. The summed E-state index contributed by atoms with van der Waals surface area (Å²) in [5.41, 5.74) is 0. The summed E-state index contributed by atoms with van der Waals surface area (Å²) in [5.74, 6) is 6.01. The van der Waals surface area contributed by atoms with Crippen molar-refractivity contribution in [1.82, 2.24) is 5.32 Å². The minimum Gasteiger partial charge on any atom is -0.465 e. The fourth-order valence-corrected chi connectivity index (χ4v) is 1.08. The Morgan fingerprint density at radius 3 is 2.75 bits per heavy atom. The number of amides is 1. The molecule has 2 unspecified atom stereocenters.